The van der Waals surface area contributed by atoms with Gasteiger partial charge >= 0.3 is 0 Å². The molecule has 4 aliphatic carbocycles. The van der Waals surface area contributed by atoms with Gasteiger partial charge in [-0.1, -0.05) is 29.8 Å². The number of carbonyl (C=O) groups excluding carboxylic acids is 1. The molecule has 8 heteroatoms. The van der Waals surface area contributed by atoms with E-state index >= 15 is 0 Å². The summed E-state index contributed by atoms with van der Waals surface area (Å²) < 4.78 is 2.19. The molecule has 2 bridgehead atoms. The number of halogens is 1. The fourth-order valence-corrected chi connectivity index (χ4v) is 8.40. The van der Waals surface area contributed by atoms with Crippen LogP contribution >= 0.6 is 22.9 Å². The number of nitrogens with one attached hydrogen (secondary N) is 2. The minimum Gasteiger partial charge on any atom is -0.353 e. The highest BCUT2D eigenvalue weighted by atomic mass is 35.5. The van der Waals surface area contributed by atoms with Crippen LogP contribution in [0.2, 0.25) is 5.02 Å². The second kappa shape index (κ2) is 7.90. The predicted octanol–water partition coefficient (Wildman–Crippen LogP) is 4.50. The van der Waals surface area contributed by atoms with Gasteiger partial charge in [-0.05, 0) is 74.5 Å². The maximum atomic E-state index is 13.3. The normalized spacial score (nSPS) is 28.9. The number of hydrogen-bond donors (Lipinski definition) is 2. The molecule has 1 amide bonds. The molecule has 1 unspecified atom stereocenters. The molecule has 0 radical (unpaired) electrons. The monoisotopic (exact) mass is 493 g/mol. The van der Waals surface area contributed by atoms with Gasteiger partial charge in [-0.15, -0.1) is 21.5 Å². The predicted molar refractivity (Wildman–Crippen MR) is 132 cm³/mol. The summed E-state index contributed by atoms with van der Waals surface area (Å²) in [6.45, 7) is 2.62. The van der Waals surface area contributed by atoms with E-state index in [2.05, 4.69) is 31.5 Å². The van der Waals surface area contributed by atoms with Gasteiger partial charge in [-0.2, -0.15) is 0 Å². The highest BCUT2D eigenvalue weighted by molar-refractivity contribution is 7.15. The lowest BCUT2D eigenvalue weighted by Gasteiger charge is -2.47. The zero-order valence-electron chi connectivity index (χ0n) is 19.2. The quantitative estimate of drug-likeness (QED) is 0.563. The Labute approximate surface area is 208 Å². The minimum atomic E-state index is -0.0446. The number of aryl methyl sites for hydroxylation is 1. The van der Waals surface area contributed by atoms with Crippen LogP contribution in [0, 0.1) is 24.7 Å². The Bertz CT molecular complexity index is 1290. The van der Waals surface area contributed by atoms with Crippen LogP contribution in [-0.2, 0) is 24.2 Å². The molecule has 176 valence electrons. The lowest BCUT2D eigenvalue weighted by Crippen LogP contribution is -2.51. The Morgan fingerprint density at radius 1 is 1.21 bits per heavy atom. The van der Waals surface area contributed by atoms with Crippen LogP contribution < -0.4 is 10.6 Å². The Morgan fingerprint density at radius 3 is 2.85 bits per heavy atom. The Kier molecular flexibility index (Phi) is 4.90. The molecule has 0 saturated heterocycles. The van der Waals surface area contributed by atoms with Crippen LogP contribution in [-0.4, -0.2) is 26.7 Å². The molecule has 3 atom stereocenters. The molecule has 5 aliphatic rings. The summed E-state index contributed by atoms with van der Waals surface area (Å²) >= 11 is 8.48. The van der Waals surface area contributed by atoms with Crippen molar-refractivity contribution >= 4 is 28.8 Å². The molecule has 2 aromatic heterocycles. The van der Waals surface area contributed by atoms with Crippen molar-refractivity contribution in [2.45, 2.75) is 64.1 Å². The third kappa shape index (κ3) is 3.20. The Hall–Kier alpha value is -2.22. The molecule has 0 spiro atoms. The van der Waals surface area contributed by atoms with E-state index in [9.17, 15) is 4.79 Å². The number of carbonyl (C=O) groups is 1. The number of aromatic nitrogens is 3. The first-order valence-corrected chi connectivity index (χ1v) is 13.6. The molecule has 1 aliphatic heterocycles. The largest absolute Gasteiger partial charge is 0.353 e. The van der Waals surface area contributed by atoms with Gasteiger partial charge in [0.25, 0.3) is 0 Å². The van der Waals surface area contributed by atoms with Crippen LogP contribution in [0.25, 0.3) is 5.00 Å². The van der Waals surface area contributed by atoms with E-state index in [1.54, 1.807) is 11.3 Å². The van der Waals surface area contributed by atoms with Crippen molar-refractivity contribution in [1.29, 1.82) is 0 Å². The number of fused-ring (bicyclic) bond motifs is 7. The van der Waals surface area contributed by atoms with Crippen molar-refractivity contribution in [1.82, 2.24) is 25.4 Å². The molecule has 3 fully saturated rings. The van der Waals surface area contributed by atoms with Gasteiger partial charge in [-0.3, -0.25) is 14.7 Å². The summed E-state index contributed by atoms with van der Waals surface area (Å²) in [6.07, 6.45) is 6.64. The average Bonchev–Trinajstić information content (AvgIpc) is 3.45. The van der Waals surface area contributed by atoms with Crippen molar-refractivity contribution in [3.05, 3.63) is 62.5 Å². The van der Waals surface area contributed by atoms with Crippen molar-refractivity contribution in [3.8, 4) is 5.00 Å². The Morgan fingerprint density at radius 2 is 2.06 bits per heavy atom. The number of hydrogen-bond acceptors (Lipinski definition) is 5. The molecule has 34 heavy (non-hydrogen) atoms. The summed E-state index contributed by atoms with van der Waals surface area (Å²) in [5.74, 6) is 3.69. The van der Waals surface area contributed by atoms with Gasteiger partial charge in [0.1, 0.15) is 10.8 Å². The minimum absolute atomic E-state index is 0.0148. The molecule has 2 N–H and O–H groups in total. The van der Waals surface area contributed by atoms with Gasteiger partial charge in [0.05, 0.1) is 12.6 Å². The fraction of sp³-hybridized carbons (Fsp3) is 0.500. The molecule has 3 aromatic rings. The first-order chi connectivity index (χ1) is 16.6. The maximum absolute atomic E-state index is 13.3. The first kappa shape index (κ1) is 21.1. The topological polar surface area (TPSA) is 71.8 Å². The second-order valence-corrected chi connectivity index (χ2v) is 11.9. The maximum Gasteiger partial charge on any atom is 0.224 e. The van der Waals surface area contributed by atoms with Crippen molar-refractivity contribution in [3.63, 3.8) is 0 Å². The van der Waals surface area contributed by atoms with Crippen LogP contribution in [0.4, 0.5) is 0 Å². The lowest BCUT2D eigenvalue weighted by atomic mass is 9.63. The number of thiophene rings is 1. The van der Waals surface area contributed by atoms with E-state index in [1.807, 2.05) is 25.1 Å². The smallest absolute Gasteiger partial charge is 0.224 e. The summed E-state index contributed by atoms with van der Waals surface area (Å²) in [7, 11) is 0. The number of benzene rings is 1. The first-order valence-electron chi connectivity index (χ1n) is 12.4. The molecule has 8 rings (SSSR count). The summed E-state index contributed by atoms with van der Waals surface area (Å²) in [5, 5.41) is 17.8. The SMILES string of the molecule is Cc1nnc2n1-c1sc3c(c1[C@H](c1ccccc1Cl)NC2)C[C@H](C(=O)NC1CCC2CC1C2)C3. The Balaban J connectivity index is 1.24. The third-order valence-electron chi connectivity index (χ3n) is 8.48. The standard InChI is InChI=1S/C26H28ClN5OS/c1-13-30-31-22-12-28-24(17-4-2-3-5-19(17)27)23-18-10-16(11-21(18)34-26(23)32(13)22)25(33)29-20-7-6-14-8-15(20)9-14/h2-5,14-16,20,24,28H,6-12H2,1H3,(H,29,33)/t14?,15?,16-,20?,24-/m0/s1. The summed E-state index contributed by atoms with van der Waals surface area (Å²) in [6, 6.07) is 8.39. The molecule has 6 nitrogen and oxygen atoms in total. The molecule has 1 aromatic carbocycles. The summed E-state index contributed by atoms with van der Waals surface area (Å²) in [4.78, 5) is 14.6. The van der Waals surface area contributed by atoms with Crippen molar-refractivity contribution < 1.29 is 4.79 Å². The third-order valence-corrected chi connectivity index (χ3v) is 10.1. The van der Waals surface area contributed by atoms with E-state index < -0.39 is 0 Å². The van der Waals surface area contributed by atoms with E-state index in [0.29, 0.717) is 18.5 Å². The van der Waals surface area contributed by atoms with Gasteiger partial charge in [0.15, 0.2) is 5.82 Å². The molecule has 3 heterocycles. The van der Waals surface area contributed by atoms with Gasteiger partial charge < -0.3 is 5.32 Å². The molecular weight excluding hydrogens is 466 g/mol. The van der Waals surface area contributed by atoms with Gasteiger partial charge in [-0.25, -0.2) is 0 Å². The second-order valence-electron chi connectivity index (χ2n) is 10.5. The van der Waals surface area contributed by atoms with Crippen LogP contribution in [0.5, 0.6) is 0 Å². The zero-order valence-corrected chi connectivity index (χ0v) is 20.8. The van der Waals surface area contributed by atoms with E-state index in [1.165, 1.54) is 40.3 Å². The van der Waals surface area contributed by atoms with E-state index in [0.717, 1.165) is 47.4 Å². The van der Waals surface area contributed by atoms with Crippen LogP contribution in [0.3, 0.4) is 0 Å². The summed E-state index contributed by atoms with van der Waals surface area (Å²) in [5.41, 5.74) is 3.62. The number of amides is 1. The lowest BCUT2D eigenvalue weighted by molar-refractivity contribution is -0.127. The van der Waals surface area contributed by atoms with Gasteiger partial charge in [0, 0.05) is 27.4 Å². The van der Waals surface area contributed by atoms with Crippen molar-refractivity contribution in [2.24, 2.45) is 17.8 Å². The fourth-order valence-electron chi connectivity index (χ4n) is 6.64. The highest BCUT2D eigenvalue weighted by Gasteiger charge is 2.43. The highest BCUT2D eigenvalue weighted by Crippen LogP contribution is 2.48. The van der Waals surface area contributed by atoms with E-state index in [-0.39, 0.29) is 17.9 Å². The van der Waals surface area contributed by atoms with Crippen LogP contribution in [0.1, 0.15) is 64.9 Å². The average molecular weight is 494 g/mol. The number of rotatable bonds is 3. The van der Waals surface area contributed by atoms with Crippen LogP contribution in [0.15, 0.2) is 24.3 Å². The zero-order chi connectivity index (χ0) is 23.0. The van der Waals surface area contributed by atoms with Gasteiger partial charge in [0.2, 0.25) is 5.91 Å². The van der Waals surface area contributed by atoms with E-state index in [4.69, 9.17) is 11.6 Å². The molecule has 3 saturated carbocycles. The molecular formula is C26H28ClN5OS. The number of nitrogens with zero attached hydrogens (tertiary/aromatic N) is 3. The van der Waals surface area contributed by atoms with Crippen molar-refractivity contribution in [2.75, 3.05) is 0 Å².